The van der Waals surface area contributed by atoms with Gasteiger partial charge in [-0.15, -0.1) is 0 Å². The summed E-state index contributed by atoms with van der Waals surface area (Å²) >= 11 is 0. The van der Waals surface area contributed by atoms with E-state index in [4.69, 9.17) is 0 Å². The molecule has 0 saturated carbocycles. The molecule has 6 heteroatoms. The summed E-state index contributed by atoms with van der Waals surface area (Å²) in [5.74, 6) is 0. The molecule has 0 amide bonds. The van der Waals surface area contributed by atoms with E-state index in [0.717, 1.165) is 0 Å². The van der Waals surface area contributed by atoms with Crippen molar-refractivity contribution in [1.29, 1.82) is 0 Å². The predicted molar refractivity (Wildman–Crippen MR) is 52.1 cm³/mol. The summed E-state index contributed by atoms with van der Waals surface area (Å²) in [5.41, 5.74) is -2.21. The molecule has 1 aliphatic heterocycles. The van der Waals surface area contributed by atoms with Crippen molar-refractivity contribution in [3.8, 4) is 0 Å². The number of aliphatic hydroxyl groups is 5. The number of rotatable bonds is 4. The fourth-order valence-corrected chi connectivity index (χ4v) is 2.07. The molecule has 1 heterocycles. The first-order valence-electron chi connectivity index (χ1n) is 4.93. The van der Waals surface area contributed by atoms with Crippen LogP contribution in [0.3, 0.4) is 0 Å². The van der Waals surface area contributed by atoms with E-state index >= 15 is 0 Å². The maximum absolute atomic E-state index is 10.0. The maximum atomic E-state index is 10.0. The molecular formula is C9H19NO5. The summed E-state index contributed by atoms with van der Waals surface area (Å²) < 4.78 is 0. The van der Waals surface area contributed by atoms with E-state index in [0.29, 0.717) is 0 Å². The highest BCUT2D eigenvalue weighted by Crippen LogP contribution is 2.36. The van der Waals surface area contributed by atoms with E-state index in [2.05, 4.69) is 5.32 Å². The van der Waals surface area contributed by atoms with E-state index in [1.165, 1.54) is 0 Å². The largest absolute Gasteiger partial charge is 0.396 e. The van der Waals surface area contributed by atoms with Crippen molar-refractivity contribution in [3.63, 3.8) is 0 Å². The standard InChI is InChI=1S/C9H19NO5/c11-3-8(4-12)1-10-2-9(5-13,6-14)7(8)15/h7,10-15H,1-6H2. The topological polar surface area (TPSA) is 113 Å². The zero-order chi connectivity index (χ0) is 11.5. The van der Waals surface area contributed by atoms with Gasteiger partial charge in [0.15, 0.2) is 0 Å². The third-order valence-corrected chi connectivity index (χ3v) is 3.37. The van der Waals surface area contributed by atoms with Crippen molar-refractivity contribution < 1.29 is 25.5 Å². The van der Waals surface area contributed by atoms with Crippen molar-refractivity contribution in [3.05, 3.63) is 0 Å². The van der Waals surface area contributed by atoms with Crippen LogP contribution in [0, 0.1) is 10.8 Å². The van der Waals surface area contributed by atoms with Crippen LogP contribution in [0.25, 0.3) is 0 Å². The number of hydrogen-bond donors (Lipinski definition) is 6. The zero-order valence-electron chi connectivity index (χ0n) is 8.56. The lowest BCUT2D eigenvalue weighted by molar-refractivity contribution is -0.163. The maximum Gasteiger partial charge on any atom is 0.0765 e. The molecule has 1 fully saturated rings. The van der Waals surface area contributed by atoms with E-state index < -0.39 is 43.4 Å². The van der Waals surface area contributed by atoms with Gasteiger partial charge in [0, 0.05) is 13.1 Å². The van der Waals surface area contributed by atoms with Crippen LogP contribution in [0.2, 0.25) is 0 Å². The molecule has 90 valence electrons. The van der Waals surface area contributed by atoms with Crippen LogP contribution < -0.4 is 5.32 Å². The Bertz CT molecular complexity index is 183. The lowest BCUT2D eigenvalue weighted by atomic mass is 9.66. The van der Waals surface area contributed by atoms with Gasteiger partial charge in [-0.2, -0.15) is 0 Å². The molecule has 0 aromatic carbocycles. The molecular weight excluding hydrogens is 202 g/mol. The fraction of sp³-hybridized carbons (Fsp3) is 1.00. The van der Waals surface area contributed by atoms with Gasteiger partial charge >= 0.3 is 0 Å². The van der Waals surface area contributed by atoms with Gasteiger partial charge in [0.2, 0.25) is 0 Å². The molecule has 0 radical (unpaired) electrons. The average molecular weight is 221 g/mol. The summed E-state index contributed by atoms with van der Waals surface area (Å²) in [6.45, 7) is -1.11. The number of piperidine rings is 1. The second kappa shape index (κ2) is 4.73. The number of nitrogens with one attached hydrogen (secondary N) is 1. The zero-order valence-corrected chi connectivity index (χ0v) is 8.56. The Hall–Kier alpha value is -0.240. The molecule has 0 atom stereocenters. The van der Waals surface area contributed by atoms with Crippen LogP contribution in [0.15, 0.2) is 0 Å². The minimum absolute atomic E-state index is 0.253. The third-order valence-electron chi connectivity index (χ3n) is 3.37. The lowest BCUT2D eigenvalue weighted by Gasteiger charge is -2.49. The van der Waals surface area contributed by atoms with Gasteiger partial charge in [-0.3, -0.25) is 0 Å². The van der Waals surface area contributed by atoms with E-state index in [9.17, 15) is 25.5 Å². The molecule has 15 heavy (non-hydrogen) atoms. The van der Waals surface area contributed by atoms with Crippen molar-refractivity contribution in [2.45, 2.75) is 6.10 Å². The van der Waals surface area contributed by atoms with Crippen LogP contribution in [-0.2, 0) is 0 Å². The first-order chi connectivity index (χ1) is 7.10. The Labute approximate surface area is 88.2 Å². The first kappa shape index (κ1) is 12.8. The van der Waals surface area contributed by atoms with Gasteiger partial charge in [0.25, 0.3) is 0 Å². The molecule has 0 aromatic rings. The van der Waals surface area contributed by atoms with Gasteiger partial charge < -0.3 is 30.8 Å². The second-order valence-corrected chi connectivity index (χ2v) is 4.36. The normalized spacial score (nSPS) is 25.4. The summed E-state index contributed by atoms with van der Waals surface area (Å²) in [7, 11) is 0. The molecule has 6 nitrogen and oxygen atoms in total. The number of aliphatic hydroxyl groups excluding tert-OH is 5. The van der Waals surface area contributed by atoms with Crippen LogP contribution in [0.5, 0.6) is 0 Å². The molecule has 1 aliphatic rings. The number of hydrogen-bond acceptors (Lipinski definition) is 6. The Balaban J connectivity index is 2.95. The van der Waals surface area contributed by atoms with E-state index in [-0.39, 0.29) is 13.1 Å². The highest BCUT2D eigenvalue weighted by atomic mass is 16.3. The summed E-state index contributed by atoms with van der Waals surface area (Å²) in [5, 5.41) is 49.8. The van der Waals surface area contributed by atoms with Crippen LogP contribution in [0.4, 0.5) is 0 Å². The highest BCUT2D eigenvalue weighted by Gasteiger charge is 2.52. The molecule has 0 spiro atoms. The highest BCUT2D eigenvalue weighted by molar-refractivity contribution is 5.03. The van der Waals surface area contributed by atoms with Gasteiger partial charge in [-0.25, -0.2) is 0 Å². The van der Waals surface area contributed by atoms with Gasteiger partial charge in [-0.1, -0.05) is 0 Å². The van der Waals surface area contributed by atoms with Crippen molar-refractivity contribution in [1.82, 2.24) is 5.32 Å². The lowest BCUT2D eigenvalue weighted by Crippen LogP contribution is -2.66. The molecule has 6 N–H and O–H groups in total. The summed E-state index contributed by atoms with van der Waals surface area (Å²) in [4.78, 5) is 0. The summed E-state index contributed by atoms with van der Waals surface area (Å²) in [6, 6.07) is 0. The third kappa shape index (κ3) is 1.89. The van der Waals surface area contributed by atoms with Gasteiger partial charge in [0.05, 0.1) is 43.4 Å². The van der Waals surface area contributed by atoms with Crippen LogP contribution >= 0.6 is 0 Å². The smallest absolute Gasteiger partial charge is 0.0765 e. The molecule has 0 bridgehead atoms. The predicted octanol–water partition coefficient (Wildman–Crippen LogP) is -3.11. The first-order valence-corrected chi connectivity index (χ1v) is 4.93. The van der Waals surface area contributed by atoms with E-state index in [1.807, 2.05) is 0 Å². The Morgan fingerprint density at radius 1 is 0.867 bits per heavy atom. The molecule has 0 aliphatic carbocycles. The van der Waals surface area contributed by atoms with Crippen molar-refractivity contribution in [2.24, 2.45) is 10.8 Å². The van der Waals surface area contributed by atoms with Crippen LogP contribution in [0.1, 0.15) is 0 Å². The summed E-state index contributed by atoms with van der Waals surface area (Å²) in [6.07, 6.45) is -1.14. The quantitative estimate of drug-likeness (QED) is 0.300. The Kier molecular flexibility index (Phi) is 4.05. The Morgan fingerprint density at radius 3 is 1.47 bits per heavy atom. The Morgan fingerprint density at radius 2 is 1.20 bits per heavy atom. The molecule has 1 rings (SSSR count). The van der Waals surface area contributed by atoms with Crippen molar-refractivity contribution in [2.75, 3.05) is 39.5 Å². The van der Waals surface area contributed by atoms with E-state index in [1.54, 1.807) is 0 Å². The molecule has 1 saturated heterocycles. The molecule has 0 unspecified atom stereocenters. The van der Waals surface area contributed by atoms with Gasteiger partial charge in [-0.05, 0) is 0 Å². The SMILES string of the molecule is OCC1(CO)CNCC(CO)(CO)C1O. The second-order valence-electron chi connectivity index (χ2n) is 4.36. The minimum Gasteiger partial charge on any atom is -0.396 e. The van der Waals surface area contributed by atoms with Crippen molar-refractivity contribution >= 4 is 0 Å². The minimum atomic E-state index is -1.14. The van der Waals surface area contributed by atoms with Gasteiger partial charge in [0.1, 0.15) is 0 Å². The van der Waals surface area contributed by atoms with Crippen LogP contribution in [-0.4, -0.2) is 71.2 Å². The molecule has 0 aromatic heterocycles. The monoisotopic (exact) mass is 221 g/mol. The fourth-order valence-electron chi connectivity index (χ4n) is 2.07. The average Bonchev–Trinajstić information content (AvgIpc) is 2.30.